The third kappa shape index (κ3) is 7.71. The molecule has 1 aromatic carbocycles. The molecule has 0 bridgehead atoms. The van der Waals surface area contributed by atoms with E-state index in [-0.39, 0.29) is 5.82 Å². The molecule has 1 fully saturated rings. The highest BCUT2D eigenvalue weighted by Gasteiger charge is 2.15. The first kappa shape index (κ1) is 20.1. The summed E-state index contributed by atoms with van der Waals surface area (Å²) < 4.78 is 25.2. The van der Waals surface area contributed by atoms with E-state index in [0.29, 0.717) is 12.5 Å². The van der Waals surface area contributed by atoms with Crippen molar-refractivity contribution in [3.63, 3.8) is 0 Å². The molecule has 140 valence electrons. The number of hydrogen-bond acceptors (Lipinski definition) is 3. The van der Waals surface area contributed by atoms with Gasteiger partial charge in [0.15, 0.2) is 5.96 Å². The molecule has 1 atom stereocenters. The lowest BCUT2D eigenvalue weighted by Crippen LogP contribution is -2.38. The lowest BCUT2D eigenvalue weighted by Gasteiger charge is -2.12. The van der Waals surface area contributed by atoms with Crippen LogP contribution in [0.3, 0.4) is 0 Å². The summed E-state index contributed by atoms with van der Waals surface area (Å²) in [6.45, 7) is 7.16. The second kappa shape index (κ2) is 11.4. The van der Waals surface area contributed by atoms with E-state index in [1.54, 1.807) is 6.07 Å². The number of hydrogen-bond donors (Lipinski definition) is 2. The minimum absolute atomic E-state index is 0.254. The van der Waals surface area contributed by atoms with Crippen molar-refractivity contribution in [3.05, 3.63) is 34.1 Å². The van der Waals surface area contributed by atoms with Crippen LogP contribution < -0.4 is 10.6 Å². The van der Waals surface area contributed by atoms with Crippen LogP contribution in [0.1, 0.15) is 25.3 Å². The van der Waals surface area contributed by atoms with Crippen molar-refractivity contribution in [1.82, 2.24) is 10.6 Å². The zero-order valence-electron chi connectivity index (χ0n) is 14.7. The molecule has 1 aliphatic rings. The fourth-order valence-corrected chi connectivity index (χ4v) is 2.89. The number of aliphatic imine (C=N–C) groups is 1. The summed E-state index contributed by atoms with van der Waals surface area (Å²) in [7, 11) is 0. The number of halogens is 2. The number of benzene rings is 1. The molecule has 0 aliphatic carbocycles. The molecule has 1 saturated heterocycles. The van der Waals surface area contributed by atoms with Crippen LogP contribution in [0.5, 0.6) is 0 Å². The van der Waals surface area contributed by atoms with Crippen LogP contribution in [0.25, 0.3) is 0 Å². The average Bonchev–Trinajstić information content (AvgIpc) is 3.11. The molecule has 2 rings (SSSR count). The molecule has 1 aliphatic heterocycles. The van der Waals surface area contributed by atoms with E-state index in [9.17, 15) is 4.39 Å². The van der Waals surface area contributed by atoms with Crippen molar-refractivity contribution < 1.29 is 13.9 Å². The molecule has 0 aromatic heterocycles. The van der Waals surface area contributed by atoms with Gasteiger partial charge in [0.1, 0.15) is 5.82 Å². The third-order valence-corrected chi connectivity index (χ3v) is 4.67. The standard InChI is InChI=1S/C18H27BrFN3O2/c1-2-21-18(23-11-15-10-16(20)4-5-17(15)19)22-7-3-8-24-12-14-6-9-25-13-14/h4-5,10,14H,2-3,6-9,11-13H2,1H3,(H2,21,22,23). The number of nitrogens with one attached hydrogen (secondary N) is 2. The summed E-state index contributed by atoms with van der Waals surface area (Å²) >= 11 is 3.43. The lowest BCUT2D eigenvalue weighted by atomic mass is 10.1. The summed E-state index contributed by atoms with van der Waals surface area (Å²) in [6, 6.07) is 4.63. The van der Waals surface area contributed by atoms with Gasteiger partial charge in [-0.15, -0.1) is 0 Å². The molecule has 1 heterocycles. The number of ether oxygens (including phenoxy) is 2. The van der Waals surface area contributed by atoms with Crippen molar-refractivity contribution in [1.29, 1.82) is 0 Å². The largest absolute Gasteiger partial charge is 0.381 e. The Kier molecular flexibility index (Phi) is 9.21. The van der Waals surface area contributed by atoms with E-state index in [1.807, 2.05) is 6.92 Å². The van der Waals surface area contributed by atoms with E-state index < -0.39 is 0 Å². The van der Waals surface area contributed by atoms with E-state index in [2.05, 4.69) is 31.6 Å². The number of guanidine groups is 1. The minimum Gasteiger partial charge on any atom is -0.381 e. The second-order valence-electron chi connectivity index (χ2n) is 6.02. The Balaban J connectivity index is 1.69. The average molecular weight is 416 g/mol. The third-order valence-electron chi connectivity index (χ3n) is 3.89. The summed E-state index contributed by atoms with van der Waals surface area (Å²) in [5.41, 5.74) is 0.819. The van der Waals surface area contributed by atoms with Crippen molar-refractivity contribution in [2.24, 2.45) is 10.9 Å². The molecule has 5 nitrogen and oxygen atoms in total. The highest BCUT2D eigenvalue weighted by Crippen LogP contribution is 2.18. The molecular weight excluding hydrogens is 389 g/mol. The Bertz CT molecular complexity index is 551. The van der Waals surface area contributed by atoms with Crippen LogP contribution in [0.4, 0.5) is 4.39 Å². The van der Waals surface area contributed by atoms with Gasteiger partial charge in [-0.25, -0.2) is 9.38 Å². The quantitative estimate of drug-likeness (QED) is 0.369. The van der Waals surface area contributed by atoms with Gasteiger partial charge in [-0.3, -0.25) is 0 Å². The lowest BCUT2D eigenvalue weighted by molar-refractivity contribution is 0.0888. The molecule has 0 radical (unpaired) electrons. The van der Waals surface area contributed by atoms with Crippen molar-refractivity contribution in [3.8, 4) is 0 Å². The molecule has 1 unspecified atom stereocenters. The Labute approximate surface area is 157 Å². The summed E-state index contributed by atoms with van der Waals surface area (Å²) in [4.78, 5) is 4.51. The van der Waals surface area contributed by atoms with E-state index in [0.717, 1.165) is 68.4 Å². The maximum absolute atomic E-state index is 13.3. The first-order valence-corrected chi connectivity index (χ1v) is 9.60. The Morgan fingerprint density at radius 2 is 2.32 bits per heavy atom. The highest BCUT2D eigenvalue weighted by molar-refractivity contribution is 9.10. The molecule has 7 heteroatoms. The van der Waals surface area contributed by atoms with Crippen LogP contribution >= 0.6 is 15.9 Å². The SMILES string of the molecule is CCNC(=NCc1cc(F)ccc1Br)NCCCOCC1CCOC1. The second-order valence-corrected chi connectivity index (χ2v) is 6.87. The summed E-state index contributed by atoms with van der Waals surface area (Å²) in [5, 5.41) is 6.47. The summed E-state index contributed by atoms with van der Waals surface area (Å²) in [5.74, 6) is 1.02. The van der Waals surface area contributed by atoms with E-state index in [1.165, 1.54) is 12.1 Å². The van der Waals surface area contributed by atoms with Gasteiger partial charge < -0.3 is 20.1 Å². The first-order valence-electron chi connectivity index (χ1n) is 8.80. The normalized spacial score (nSPS) is 17.7. The first-order chi connectivity index (χ1) is 12.2. The van der Waals surface area contributed by atoms with Gasteiger partial charge in [0.25, 0.3) is 0 Å². The van der Waals surface area contributed by atoms with Crippen molar-refractivity contribution in [2.75, 3.05) is 39.5 Å². The van der Waals surface area contributed by atoms with Crippen LogP contribution in [-0.4, -0.2) is 45.5 Å². The number of nitrogens with zero attached hydrogens (tertiary/aromatic N) is 1. The fraction of sp³-hybridized carbons (Fsp3) is 0.611. The minimum atomic E-state index is -0.254. The maximum atomic E-state index is 13.3. The fourth-order valence-electron chi connectivity index (χ4n) is 2.52. The smallest absolute Gasteiger partial charge is 0.191 e. The topological polar surface area (TPSA) is 54.9 Å². The van der Waals surface area contributed by atoms with Crippen LogP contribution in [-0.2, 0) is 16.0 Å². The van der Waals surface area contributed by atoms with Crippen LogP contribution in [0, 0.1) is 11.7 Å². The summed E-state index contributed by atoms with van der Waals surface area (Å²) in [6.07, 6.45) is 2.01. The van der Waals surface area contributed by atoms with Gasteiger partial charge in [0.2, 0.25) is 0 Å². The zero-order valence-corrected chi connectivity index (χ0v) is 16.3. The van der Waals surface area contributed by atoms with Gasteiger partial charge >= 0.3 is 0 Å². The number of rotatable bonds is 9. The predicted octanol–water partition coefficient (Wildman–Crippen LogP) is 3.09. The highest BCUT2D eigenvalue weighted by atomic mass is 79.9. The predicted molar refractivity (Wildman–Crippen MR) is 101 cm³/mol. The van der Waals surface area contributed by atoms with E-state index in [4.69, 9.17) is 9.47 Å². The van der Waals surface area contributed by atoms with Crippen LogP contribution in [0.15, 0.2) is 27.7 Å². The molecule has 0 spiro atoms. The maximum Gasteiger partial charge on any atom is 0.191 e. The van der Waals surface area contributed by atoms with Gasteiger partial charge in [-0.2, -0.15) is 0 Å². The van der Waals surface area contributed by atoms with Gasteiger partial charge in [0, 0.05) is 36.7 Å². The molecule has 0 saturated carbocycles. The Morgan fingerprint density at radius 3 is 3.08 bits per heavy atom. The van der Waals surface area contributed by atoms with Crippen molar-refractivity contribution in [2.45, 2.75) is 26.3 Å². The van der Waals surface area contributed by atoms with Gasteiger partial charge in [-0.1, -0.05) is 15.9 Å². The van der Waals surface area contributed by atoms with E-state index >= 15 is 0 Å². The molecule has 1 aromatic rings. The van der Waals surface area contributed by atoms with Gasteiger partial charge in [-0.05, 0) is 43.5 Å². The molecule has 2 N–H and O–H groups in total. The molecular formula is C18H27BrFN3O2. The van der Waals surface area contributed by atoms with Gasteiger partial charge in [0.05, 0.1) is 19.8 Å². The zero-order chi connectivity index (χ0) is 17.9. The van der Waals surface area contributed by atoms with Crippen LogP contribution in [0.2, 0.25) is 0 Å². The monoisotopic (exact) mass is 415 g/mol. The van der Waals surface area contributed by atoms with Crippen molar-refractivity contribution >= 4 is 21.9 Å². The molecule has 0 amide bonds. The Hall–Kier alpha value is -1.18. The molecule has 25 heavy (non-hydrogen) atoms. The Morgan fingerprint density at radius 1 is 1.44 bits per heavy atom.